The zero-order valence-electron chi connectivity index (χ0n) is 9.76. The summed E-state index contributed by atoms with van der Waals surface area (Å²) in [6.07, 6.45) is 1.29. The Morgan fingerprint density at radius 2 is 2.31 bits per heavy atom. The van der Waals surface area contributed by atoms with Crippen molar-refractivity contribution in [3.63, 3.8) is 0 Å². The number of nitrogens with zero attached hydrogens (tertiary/aromatic N) is 2. The van der Waals surface area contributed by atoms with Crippen LogP contribution in [0, 0.1) is 0 Å². The molecule has 1 atom stereocenters. The van der Waals surface area contributed by atoms with Crippen LogP contribution in [0.1, 0.15) is 19.5 Å². The minimum Gasteiger partial charge on any atom is -0.389 e. The first-order valence-corrected chi connectivity index (χ1v) is 5.45. The van der Waals surface area contributed by atoms with E-state index >= 15 is 0 Å². The summed E-state index contributed by atoms with van der Waals surface area (Å²) in [4.78, 5) is 0. The maximum absolute atomic E-state index is 9.55. The molecule has 0 amide bonds. The second-order valence-corrected chi connectivity index (χ2v) is 3.88. The monoisotopic (exact) mass is 225 g/mol. The molecule has 0 saturated carbocycles. The maximum Gasteiger partial charge on any atom is 0.0897 e. The molecule has 0 spiro atoms. The third-order valence-corrected chi connectivity index (χ3v) is 1.94. The molecule has 1 heterocycles. The molecule has 1 unspecified atom stereocenters. The predicted octanol–water partition coefficient (Wildman–Crippen LogP) is 0.352. The molecule has 5 heteroatoms. The van der Waals surface area contributed by atoms with Crippen molar-refractivity contribution in [2.75, 3.05) is 13.2 Å². The van der Waals surface area contributed by atoms with Crippen molar-refractivity contribution in [1.82, 2.24) is 15.5 Å². The molecule has 0 bridgehead atoms. The summed E-state index contributed by atoms with van der Waals surface area (Å²) in [5.41, 5.74) is 0.861. The molecule has 90 valence electrons. The van der Waals surface area contributed by atoms with Gasteiger partial charge in [-0.1, -0.05) is 0 Å². The lowest BCUT2D eigenvalue weighted by molar-refractivity contribution is 0.00627. The SMILES string of the molecule is CC(C)OCC(O)CNCc1cccnn1. The van der Waals surface area contributed by atoms with Crippen LogP contribution in [0.2, 0.25) is 0 Å². The van der Waals surface area contributed by atoms with E-state index in [1.807, 2.05) is 26.0 Å². The molecule has 0 aliphatic rings. The number of aliphatic hydroxyl groups excluding tert-OH is 1. The average Bonchev–Trinajstić information content (AvgIpc) is 2.28. The molecule has 0 aliphatic carbocycles. The highest BCUT2D eigenvalue weighted by Crippen LogP contribution is 1.93. The van der Waals surface area contributed by atoms with Gasteiger partial charge in [0.25, 0.3) is 0 Å². The minimum atomic E-state index is -0.487. The minimum absolute atomic E-state index is 0.148. The van der Waals surface area contributed by atoms with E-state index in [1.165, 1.54) is 0 Å². The van der Waals surface area contributed by atoms with Gasteiger partial charge in [0, 0.05) is 19.3 Å². The number of aliphatic hydroxyl groups is 1. The van der Waals surface area contributed by atoms with Gasteiger partial charge in [0.15, 0.2) is 0 Å². The Bertz CT molecular complexity index is 280. The van der Waals surface area contributed by atoms with Crippen molar-refractivity contribution in [3.8, 4) is 0 Å². The van der Waals surface area contributed by atoms with E-state index in [1.54, 1.807) is 6.20 Å². The van der Waals surface area contributed by atoms with Crippen LogP contribution < -0.4 is 5.32 Å². The van der Waals surface area contributed by atoms with Gasteiger partial charge in [0.1, 0.15) is 0 Å². The molecular weight excluding hydrogens is 206 g/mol. The lowest BCUT2D eigenvalue weighted by Gasteiger charge is -2.13. The zero-order valence-corrected chi connectivity index (χ0v) is 9.76. The number of hydrogen-bond donors (Lipinski definition) is 2. The Morgan fingerprint density at radius 1 is 1.50 bits per heavy atom. The third kappa shape index (κ3) is 5.75. The van der Waals surface area contributed by atoms with Crippen LogP contribution in [0.4, 0.5) is 0 Å². The average molecular weight is 225 g/mol. The normalized spacial score (nSPS) is 13.0. The van der Waals surface area contributed by atoms with E-state index < -0.39 is 6.10 Å². The Hall–Kier alpha value is -1.04. The molecule has 0 aliphatic heterocycles. The fourth-order valence-corrected chi connectivity index (χ4v) is 1.16. The van der Waals surface area contributed by atoms with E-state index in [9.17, 15) is 5.11 Å². The van der Waals surface area contributed by atoms with Crippen molar-refractivity contribution in [1.29, 1.82) is 0 Å². The van der Waals surface area contributed by atoms with Crippen LogP contribution in [0.3, 0.4) is 0 Å². The van der Waals surface area contributed by atoms with E-state index in [0.717, 1.165) is 5.69 Å². The lowest BCUT2D eigenvalue weighted by Crippen LogP contribution is -2.31. The molecule has 0 fully saturated rings. The van der Waals surface area contributed by atoms with Gasteiger partial charge >= 0.3 is 0 Å². The molecular formula is C11H19N3O2. The quantitative estimate of drug-likeness (QED) is 0.701. The summed E-state index contributed by atoms with van der Waals surface area (Å²) in [5, 5.41) is 20.3. The smallest absolute Gasteiger partial charge is 0.0897 e. The third-order valence-electron chi connectivity index (χ3n) is 1.94. The van der Waals surface area contributed by atoms with Gasteiger partial charge in [0.2, 0.25) is 0 Å². The van der Waals surface area contributed by atoms with E-state index in [0.29, 0.717) is 19.7 Å². The first-order chi connectivity index (χ1) is 7.68. The summed E-state index contributed by atoms with van der Waals surface area (Å²) in [5.74, 6) is 0. The first-order valence-electron chi connectivity index (χ1n) is 5.45. The lowest BCUT2D eigenvalue weighted by atomic mass is 10.3. The standard InChI is InChI=1S/C11H19N3O2/c1-9(2)16-8-11(15)7-12-6-10-4-3-5-13-14-10/h3-5,9,11-12,15H,6-8H2,1-2H3. The number of ether oxygens (including phenoxy) is 1. The highest BCUT2D eigenvalue weighted by atomic mass is 16.5. The molecule has 16 heavy (non-hydrogen) atoms. The van der Waals surface area contributed by atoms with Crippen molar-refractivity contribution >= 4 is 0 Å². The summed E-state index contributed by atoms with van der Waals surface area (Å²) in [6.45, 7) is 5.33. The summed E-state index contributed by atoms with van der Waals surface area (Å²) >= 11 is 0. The Labute approximate surface area is 95.9 Å². The molecule has 5 nitrogen and oxygen atoms in total. The van der Waals surface area contributed by atoms with Crippen molar-refractivity contribution in [2.24, 2.45) is 0 Å². The van der Waals surface area contributed by atoms with Crippen LogP contribution >= 0.6 is 0 Å². The Kier molecular flexibility index (Phi) is 5.92. The Morgan fingerprint density at radius 3 is 2.94 bits per heavy atom. The van der Waals surface area contributed by atoms with Gasteiger partial charge in [-0.05, 0) is 26.0 Å². The van der Waals surface area contributed by atoms with Gasteiger partial charge in [-0.25, -0.2) is 0 Å². The van der Waals surface area contributed by atoms with Crippen LogP contribution in [0.15, 0.2) is 18.3 Å². The molecule has 1 aromatic rings. The van der Waals surface area contributed by atoms with Crippen LogP contribution in [0.5, 0.6) is 0 Å². The Balaban J connectivity index is 2.11. The highest BCUT2D eigenvalue weighted by molar-refractivity contribution is 4.98. The number of nitrogens with one attached hydrogen (secondary N) is 1. The molecule has 1 aromatic heterocycles. The highest BCUT2D eigenvalue weighted by Gasteiger charge is 2.05. The van der Waals surface area contributed by atoms with E-state index in [2.05, 4.69) is 15.5 Å². The van der Waals surface area contributed by atoms with Gasteiger partial charge in [0.05, 0.1) is 24.5 Å². The maximum atomic E-state index is 9.55. The van der Waals surface area contributed by atoms with Crippen LogP contribution in [0.25, 0.3) is 0 Å². The fraction of sp³-hybridized carbons (Fsp3) is 0.636. The summed E-state index contributed by atoms with van der Waals surface area (Å²) in [7, 11) is 0. The molecule has 0 aromatic carbocycles. The van der Waals surface area contributed by atoms with Crippen LogP contribution in [-0.4, -0.2) is 40.7 Å². The predicted molar refractivity (Wildman–Crippen MR) is 60.8 cm³/mol. The largest absolute Gasteiger partial charge is 0.389 e. The second kappa shape index (κ2) is 7.27. The number of rotatable bonds is 7. The van der Waals surface area contributed by atoms with E-state index in [-0.39, 0.29) is 6.10 Å². The van der Waals surface area contributed by atoms with Gasteiger partial charge in [-0.2, -0.15) is 10.2 Å². The van der Waals surface area contributed by atoms with Crippen molar-refractivity contribution in [2.45, 2.75) is 32.6 Å². The van der Waals surface area contributed by atoms with E-state index in [4.69, 9.17) is 4.74 Å². The molecule has 0 saturated heterocycles. The topological polar surface area (TPSA) is 67.3 Å². The molecule has 1 rings (SSSR count). The fourth-order valence-electron chi connectivity index (χ4n) is 1.16. The molecule has 2 N–H and O–H groups in total. The zero-order chi connectivity index (χ0) is 11.8. The molecule has 0 radical (unpaired) electrons. The van der Waals surface area contributed by atoms with Gasteiger partial charge in [-0.3, -0.25) is 0 Å². The first kappa shape index (κ1) is 13.0. The summed E-state index contributed by atoms with van der Waals surface area (Å²) < 4.78 is 5.29. The van der Waals surface area contributed by atoms with Gasteiger partial charge < -0.3 is 15.2 Å². The summed E-state index contributed by atoms with van der Waals surface area (Å²) in [6, 6.07) is 3.72. The van der Waals surface area contributed by atoms with Gasteiger partial charge in [-0.15, -0.1) is 0 Å². The number of hydrogen-bond acceptors (Lipinski definition) is 5. The number of aromatic nitrogens is 2. The van der Waals surface area contributed by atoms with Crippen molar-refractivity contribution in [3.05, 3.63) is 24.0 Å². The second-order valence-electron chi connectivity index (χ2n) is 3.88. The van der Waals surface area contributed by atoms with Crippen LogP contribution in [-0.2, 0) is 11.3 Å². The van der Waals surface area contributed by atoms with Crippen molar-refractivity contribution < 1.29 is 9.84 Å².